The van der Waals surface area contributed by atoms with Gasteiger partial charge in [-0.1, -0.05) is 69.0 Å². The van der Waals surface area contributed by atoms with Crippen LogP contribution in [0.3, 0.4) is 0 Å². The standard InChI is InChI=1S/C17H26S2/c1-3-4-5-6-7-9-14-17(15-18-2)19-16-12-10-8-11-13-16/h8,10-13,15H,3-7,9,14H2,1-2H3/b17-15-. The zero-order valence-electron chi connectivity index (χ0n) is 12.2. The van der Waals surface area contributed by atoms with Crippen LogP contribution in [-0.2, 0) is 0 Å². The van der Waals surface area contributed by atoms with E-state index in [2.05, 4.69) is 48.9 Å². The molecule has 0 saturated heterocycles. The Bertz CT molecular complexity index is 344. The van der Waals surface area contributed by atoms with Crippen LogP contribution in [0.25, 0.3) is 0 Å². The van der Waals surface area contributed by atoms with Crippen molar-refractivity contribution in [3.8, 4) is 0 Å². The second-order valence-corrected chi connectivity index (χ2v) is 6.66. The van der Waals surface area contributed by atoms with Gasteiger partial charge in [-0.25, -0.2) is 0 Å². The fourth-order valence-corrected chi connectivity index (χ4v) is 3.69. The highest BCUT2D eigenvalue weighted by Gasteiger charge is 2.01. The second kappa shape index (κ2) is 11.5. The van der Waals surface area contributed by atoms with Gasteiger partial charge in [-0.3, -0.25) is 0 Å². The largest absolute Gasteiger partial charge is 0.137 e. The van der Waals surface area contributed by atoms with Crippen LogP contribution in [0.4, 0.5) is 0 Å². The van der Waals surface area contributed by atoms with Crippen molar-refractivity contribution in [3.05, 3.63) is 40.6 Å². The molecule has 1 rings (SSSR count). The molecule has 19 heavy (non-hydrogen) atoms. The Hall–Kier alpha value is -0.340. The van der Waals surface area contributed by atoms with Crippen molar-refractivity contribution in [1.82, 2.24) is 0 Å². The maximum atomic E-state index is 2.31. The lowest BCUT2D eigenvalue weighted by atomic mass is 10.1. The minimum atomic E-state index is 1.23. The van der Waals surface area contributed by atoms with Crippen molar-refractivity contribution in [2.75, 3.05) is 6.26 Å². The zero-order chi connectivity index (χ0) is 13.8. The SMILES string of the molecule is CCCCCCCC/C(=C/SC)Sc1ccccc1. The summed E-state index contributed by atoms with van der Waals surface area (Å²) in [5.41, 5.74) is 0. The molecule has 1 aromatic carbocycles. The van der Waals surface area contributed by atoms with Gasteiger partial charge in [0.05, 0.1) is 0 Å². The molecule has 0 aliphatic rings. The van der Waals surface area contributed by atoms with Gasteiger partial charge in [0, 0.05) is 4.90 Å². The third-order valence-corrected chi connectivity index (χ3v) is 4.78. The Labute approximate surface area is 127 Å². The smallest absolute Gasteiger partial charge is 0.0119 e. The number of hydrogen-bond acceptors (Lipinski definition) is 2. The summed E-state index contributed by atoms with van der Waals surface area (Å²) < 4.78 is 0. The monoisotopic (exact) mass is 294 g/mol. The Morgan fingerprint density at radius 2 is 1.68 bits per heavy atom. The van der Waals surface area contributed by atoms with Crippen molar-refractivity contribution in [1.29, 1.82) is 0 Å². The van der Waals surface area contributed by atoms with Gasteiger partial charge in [0.1, 0.15) is 0 Å². The van der Waals surface area contributed by atoms with E-state index >= 15 is 0 Å². The molecule has 0 unspecified atom stereocenters. The van der Waals surface area contributed by atoms with E-state index in [0.717, 1.165) is 0 Å². The Morgan fingerprint density at radius 3 is 2.37 bits per heavy atom. The van der Waals surface area contributed by atoms with Crippen LogP contribution in [-0.4, -0.2) is 6.26 Å². The van der Waals surface area contributed by atoms with Crippen LogP contribution >= 0.6 is 23.5 Å². The van der Waals surface area contributed by atoms with E-state index in [-0.39, 0.29) is 0 Å². The molecular formula is C17H26S2. The molecule has 0 aliphatic heterocycles. The zero-order valence-corrected chi connectivity index (χ0v) is 13.9. The van der Waals surface area contributed by atoms with E-state index in [4.69, 9.17) is 0 Å². The van der Waals surface area contributed by atoms with E-state index in [1.165, 1.54) is 54.7 Å². The highest BCUT2D eigenvalue weighted by atomic mass is 32.2. The lowest BCUT2D eigenvalue weighted by molar-refractivity contribution is 0.610. The summed E-state index contributed by atoms with van der Waals surface area (Å²) in [6.07, 6.45) is 11.6. The molecule has 0 amide bonds. The summed E-state index contributed by atoms with van der Waals surface area (Å²) in [7, 11) is 0. The van der Waals surface area contributed by atoms with Gasteiger partial charge in [-0.05, 0) is 41.5 Å². The maximum absolute atomic E-state index is 2.31. The molecule has 106 valence electrons. The molecule has 0 bridgehead atoms. The van der Waals surface area contributed by atoms with Crippen molar-refractivity contribution < 1.29 is 0 Å². The molecule has 0 spiro atoms. The molecule has 0 heterocycles. The maximum Gasteiger partial charge on any atom is 0.0119 e. The van der Waals surface area contributed by atoms with Crippen molar-refractivity contribution in [2.24, 2.45) is 0 Å². The van der Waals surface area contributed by atoms with E-state index < -0.39 is 0 Å². The van der Waals surface area contributed by atoms with Gasteiger partial charge in [0.15, 0.2) is 0 Å². The lowest BCUT2D eigenvalue weighted by Crippen LogP contribution is -1.82. The quantitative estimate of drug-likeness (QED) is 0.346. The third kappa shape index (κ3) is 8.43. The topological polar surface area (TPSA) is 0 Å². The average Bonchev–Trinajstić information content (AvgIpc) is 2.44. The number of thioether (sulfide) groups is 2. The van der Waals surface area contributed by atoms with Crippen molar-refractivity contribution in [2.45, 2.75) is 56.8 Å². The van der Waals surface area contributed by atoms with Gasteiger partial charge < -0.3 is 0 Å². The lowest BCUT2D eigenvalue weighted by Gasteiger charge is -2.07. The van der Waals surface area contributed by atoms with Crippen LogP contribution in [0.1, 0.15) is 51.9 Å². The van der Waals surface area contributed by atoms with E-state index in [9.17, 15) is 0 Å². The van der Waals surface area contributed by atoms with Crippen LogP contribution in [0.15, 0.2) is 45.5 Å². The van der Waals surface area contributed by atoms with Crippen molar-refractivity contribution >= 4 is 23.5 Å². The first kappa shape index (κ1) is 16.7. The molecule has 0 N–H and O–H groups in total. The number of unbranched alkanes of at least 4 members (excludes halogenated alkanes) is 5. The normalized spacial score (nSPS) is 11.8. The molecule has 0 aromatic heterocycles. The molecule has 0 radical (unpaired) electrons. The number of rotatable bonds is 10. The first-order valence-corrected chi connectivity index (χ1v) is 9.42. The average molecular weight is 295 g/mol. The molecule has 0 aliphatic carbocycles. The first-order valence-electron chi connectivity index (χ1n) is 7.31. The van der Waals surface area contributed by atoms with Gasteiger partial charge in [0.25, 0.3) is 0 Å². The molecule has 2 heteroatoms. The molecule has 0 fully saturated rings. The molecular weight excluding hydrogens is 268 g/mol. The van der Waals surface area contributed by atoms with E-state index in [1.807, 2.05) is 23.5 Å². The number of hydrogen-bond donors (Lipinski definition) is 0. The number of benzene rings is 1. The molecule has 0 nitrogen and oxygen atoms in total. The Morgan fingerprint density at radius 1 is 1.00 bits per heavy atom. The predicted octanol–water partition coefficient (Wildman–Crippen LogP) is 6.73. The summed E-state index contributed by atoms with van der Waals surface area (Å²) in [6.45, 7) is 2.27. The molecule has 1 aromatic rings. The van der Waals surface area contributed by atoms with Gasteiger partial charge in [-0.2, -0.15) is 0 Å². The summed E-state index contributed by atoms with van der Waals surface area (Å²) >= 11 is 3.74. The van der Waals surface area contributed by atoms with Gasteiger partial charge in [-0.15, -0.1) is 11.8 Å². The summed E-state index contributed by atoms with van der Waals surface area (Å²) in [4.78, 5) is 2.86. The van der Waals surface area contributed by atoms with E-state index in [1.54, 1.807) is 0 Å². The van der Waals surface area contributed by atoms with Crippen LogP contribution in [0, 0.1) is 0 Å². The second-order valence-electron chi connectivity index (χ2n) is 4.75. The third-order valence-electron chi connectivity index (χ3n) is 3.02. The minimum Gasteiger partial charge on any atom is -0.137 e. The van der Waals surface area contributed by atoms with Crippen molar-refractivity contribution in [3.63, 3.8) is 0 Å². The highest BCUT2D eigenvalue weighted by molar-refractivity contribution is 8.05. The van der Waals surface area contributed by atoms with E-state index in [0.29, 0.717) is 0 Å². The molecule has 0 atom stereocenters. The summed E-state index contributed by atoms with van der Waals surface area (Å²) in [5, 5.41) is 2.31. The van der Waals surface area contributed by atoms with Crippen LogP contribution in [0.2, 0.25) is 0 Å². The van der Waals surface area contributed by atoms with Crippen LogP contribution < -0.4 is 0 Å². The predicted molar refractivity (Wildman–Crippen MR) is 91.9 cm³/mol. The Balaban J connectivity index is 2.27. The first-order chi connectivity index (χ1) is 9.36. The Kier molecular flexibility index (Phi) is 10.1. The van der Waals surface area contributed by atoms with Crippen LogP contribution in [0.5, 0.6) is 0 Å². The van der Waals surface area contributed by atoms with Gasteiger partial charge in [0.2, 0.25) is 0 Å². The summed E-state index contributed by atoms with van der Waals surface area (Å²) in [5.74, 6) is 0. The number of allylic oxidation sites excluding steroid dienone is 1. The fourth-order valence-electron chi connectivity index (χ4n) is 1.98. The summed E-state index contributed by atoms with van der Waals surface area (Å²) in [6, 6.07) is 10.7. The highest BCUT2D eigenvalue weighted by Crippen LogP contribution is 2.31. The van der Waals surface area contributed by atoms with Gasteiger partial charge >= 0.3 is 0 Å². The minimum absolute atomic E-state index is 1.23. The fraction of sp³-hybridized carbons (Fsp3) is 0.529. The molecule has 0 saturated carbocycles.